The van der Waals surface area contributed by atoms with E-state index < -0.39 is 17.5 Å². The van der Waals surface area contributed by atoms with Crippen molar-refractivity contribution in [3.8, 4) is 0 Å². The highest BCUT2D eigenvalue weighted by Crippen LogP contribution is 2.10. The number of rotatable bonds is 4. The normalized spacial score (nSPS) is 10.1. The van der Waals surface area contributed by atoms with Crippen molar-refractivity contribution in [1.82, 2.24) is 5.32 Å². The zero-order valence-corrected chi connectivity index (χ0v) is 8.22. The second-order valence-corrected chi connectivity index (χ2v) is 2.85. The number of methoxy groups -OCH3 is 1. The summed E-state index contributed by atoms with van der Waals surface area (Å²) < 4.78 is 30.5. The van der Waals surface area contributed by atoms with Crippen LogP contribution in [-0.2, 0) is 4.74 Å². The molecule has 0 saturated carbocycles. The number of halogens is 2. The highest BCUT2D eigenvalue weighted by atomic mass is 19.2. The number of amides is 1. The van der Waals surface area contributed by atoms with Crippen LogP contribution >= 0.6 is 0 Å². The molecule has 5 heteroatoms. The Labute approximate surface area is 86.0 Å². The van der Waals surface area contributed by atoms with Crippen molar-refractivity contribution in [3.05, 3.63) is 35.4 Å². The van der Waals surface area contributed by atoms with Gasteiger partial charge in [0.1, 0.15) is 0 Å². The summed E-state index contributed by atoms with van der Waals surface area (Å²) in [5, 5.41) is 2.40. The smallest absolute Gasteiger partial charge is 0.254 e. The maximum Gasteiger partial charge on any atom is 0.254 e. The van der Waals surface area contributed by atoms with Crippen molar-refractivity contribution in [2.75, 3.05) is 20.3 Å². The molecule has 0 aliphatic carbocycles. The van der Waals surface area contributed by atoms with E-state index in [-0.39, 0.29) is 12.1 Å². The fourth-order valence-corrected chi connectivity index (χ4v) is 1.04. The monoisotopic (exact) mass is 215 g/mol. The average Bonchev–Trinajstić information content (AvgIpc) is 2.22. The molecule has 15 heavy (non-hydrogen) atoms. The van der Waals surface area contributed by atoms with E-state index >= 15 is 0 Å². The number of carbonyl (C=O) groups is 1. The van der Waals surface area contributed by atoms with E-state index in [1.165, 1.54) is 19.2 Å². The van der Waals surface area contributed by atoms with E-state index in [4.69, 9.17) is 4.74 Å². The van der Waals surface area contributed by atoms with Gasteiger partial charge in [-0.1, -0.05) is 6.07 Å². The summed E-state index contributed by atoms with van der Waals surface area (Å²) in [6.07, 6.45) is 0. The van der Waals surface area contributed by atoms with Crippen LogP contribution in [0.5, 0.6) is 0 Å². The zero-order valence-electron chi connectivity index (χ0n) is 8.22. The number of carbonyl (C=O) groups excluding carboxylic acids is 1. The Hall–Kier alpha value is -1.49. The molecule has 0 heterocycles. The van der Waals surface area contributed by atoms with Crippen molar-refractivity contribution in [2.45, 2.75) is 0 Å². The van der Waals surface area contributed by atoms with Crippen LogP contribution in [0, 0.1) is 11.6 Å². The molecule has 0 aliphatic rings. The van der Waals surface area contributed by atoms with Gasteiger partial charge < -0.3 is 10.1 Å². The number of nitrogens with one attached hydrogen (secondary N) is 1. The second kappa shape index (κ2) is 5.41. The third kappa shape index (κ3) is 2.99. The predicted molar refractivity (Wildman–Crippen MR) is 50.6 cm³/mol. The van der Waals surface area contributed by atoms with Gasteiger partial charge in [0.25, 0.3) is 5.91 Å². The lowest BCUT2D eigenvalue weighted by Gasteiger charge is -2.05. The summed E-state index contributed by atoms with van der Waals surface area (Å²) in [7, 11) is 1.48. The van der Waals surface area contributed by atoms with Gasteiger partial charge in [0.2, 0.25) is 0 Å². The van der Waals surface area contributed by atoms with E-state index in [2.05, 4.69) is 5.32 Å². The summed E-state index contributed by atoms with van der Waals surface area (Å²) in [6, 6.07) is 3.46. The van der Waals surface area contributed by atoms with E-state index in [0.29, 0.717) is 6.61 Å². The highest BCUT2D eigenvalue weighted by molar-refractivity contribution is 5.94. The molecule has 1 aromatic carbocycles. The number of hydrogen-bond donors (Lipinski definition) is 1. The first-order chi connectivity index (χ1) is 7.16. The molecule has 0 saturated heterocycles. The first-order valence-electron chi connectivity index (χ1n) is 4.38. The van der Waals surface area contributed by atoms with Gasteiger partial charge in [-0.05, 0) is 12.1 Å². The van der Waals surface area contributed by atoms with Crippen molar-refractivity contribution in [3.63, 3.8) is 0 Å². The third-order valence-electron chi connectivity index (χ3n) is 1.79. The van der Waals surface area contributed by atoms with Gasteiger partial charge in [0.05, 0.1) is 12.2 Å². The fourth-order valence-electron chi connectivity index (χ4n) is 1.04. The lowest BCUT2D eigenvalue weighted by molar-refractivity contribution is 0.0932. The van der Waals surface area contributed by atoms with E-state index in [0.717, 1.165) is 6.07 Å². The molecule has 82 valence electrons. The largest absolute Gasteiger partial charge is 0.383 e. The topological polar surface area (TPSA) is 38.3 Å². The van der Waals surface area contributed by atoms with Gasteiger partial charge in [-0.2, -0.15) is 0 Å². The molecule has 1 amide bonds. The lowest BCUT2D eigenvalue weighted by atomic mass is 10.2. The minimum Gasteiger partial charge on any atom is -0.383 e. The van der Waals surface area contributed by atoms with Crippen LogP contribution in [0.1, 0.15) is 10.4 Å². The number of hydrogen-bond acceptors (Lipinski definition) is 2. The Balaban J connectivity index is 2.69. The second-order valence-electron chi connectivity index (χ2n) is 2.85. The Morgan fingerprint density at radius 3 is 2.87 bits per heavy atom. The molecule has 0 aromatic heterocycles. The molecule has 0 aliphatic heterocycles. The molecule has 0 unspecified atom stereocenters. The Morgan fingerprint density at radius 2 is 2.20 bits per heavy atom. The maximum atomic E-state index is 13.1. The summed E-state index contributed by atoms with van der Waals surface area (Å²) in [5.74, 6) is -2.81. The number of benzene rings is 1. The fraction of sp³-hybridized carbons (Fsp3) is 0.300. The standard InChI is InChI=1S/C10H11F2NO2/c1-15-6-5-13-10(14)7-3-2-4-8(11)9(7)12/h2-4H,5-6H2,1H3,(H,13,14). The van der Waals surface area contributed by atoms with Gasteiger partial charge >= 0.3 is 0 Å². The molecule has 0 fully saturated rings. The van der Waals surface area contributed by atoms with Crippen molar-refractivity contribution in [1.29, 1.82) is 0 Å². The van der Waals surface area contributed by atoms with E-state index in [9.17, 15) is 13.6 Å². The minimum absolute atomic E-state index is 0.255. The van der Waals surface area contributed by atoms with E-state index in [1.54, 1.807) is 0 Å². The van der Waals surface area contributed by atoms with Gasteiger partial charge in [-0.15, -0.1) is 0 Å². The molecular weight excluding hydrogens is 204 g/mol. The molecular formula is C10H11F2NO2. The van der Waals surface area contributed by atoms with Gasteiger partial charge in [-0.25, -0.2) is 8.78 Å². The Bertz CT molecular complexity index is 355. The third-order valence-corrected chi connectivity index (χ3v) is 1.79. The van der Waals surface area contributed by atoms with Crippen LogP contribution in [-0.4, -0.2) is 26.2 Å². The predicted octanol–water partition coefficient (Wildman–Crippen LogP) is 1.34. The van der Waals surface area contributed by atoms with Crippen molar-refractivity contribution < 1.29 is 18.3 Å². The molecule has 0 spiro atoms. The number of ether oxygens (including phenoxy) is 1. The first-order valence-corrected chi connectivity index (χ1v) is 4.38. The first kappa shape index (κ1) is 11.6. The zero-order chi connectivity index (χ0) is 11.3. The average molecular weight is 215 g/mol. The summed E-state index contributed by atoms with van der Waals surface area (Å²) in [5.41, 5.74) is -0.300. The van der Waals surface area contributed by atoms with Crippen LogP contribution in [0.25, 0.3) is 0 Å². The van der Waals surface area contributed by atoms with Crippen LogP contribution < -0.4 is 5.32 Å². The molecule has 0 atom stereocenters. The maximum absolute atomic E-state index is 13.1. The minimum atomic E-state index is -1.13. The SMILES string of the molecule is COCCNC(=O)c1cccc(F)c1F. The Morgan fingerprint density at radius 1 is 1.47 bits per heavy atom. The summed E-state index contributed by atoms with van der Waals surface area (Å²) in [6.45, 7) is 0.577. The van der Waals surface area contributed by atoms with Crippen LogP contribution in [0.2, 0.25) is 0 Å². The summed E-state index contributed by atoms with van der Waals surface area (Å²) >= 11 is 0. The molecule has 1 rings (SSSR count). The van der Waals surface area contributed by atoms with Gasteiger partial charge in [0, 0.05) is 13.7 Å². The van der Waals surface area contributed by atoms with Crippen molar-refractivity contribution in [2.24, 2.45) is 0 Å². The van der Waals surface area contributed by atoms with E-state index in [1.807, 2.05) is 0 Å². The quantitative estimate of drug-likeness (QED) is 0.770. The molecule has 1 aromatic rings. The molecule has 1 N–H and O–H groups in total. The van der Waals surface area contributed by atoms with Gasteiger partial charge in [0.15, 0.2) is 11.6 Å². The molecule has 0 radical (unpaired) electrons. The summed E-state index contributed by atoms with van der Waals surface area (Å²) in [4.78, 5) is 11.3. The van der Waals surface area contributed by atoms with Crippen molar-refractivity contribution >= 4 is 5.91 Å². The lowest BCUT2D eigenvalue weighted by Crippen LogP contribution is -2.27. The molecule has 0 bridgehead atoms. The van der Waals surface area contributed by atoms with Crippen LogP contribution in [0.15, 0.2) is 18.2 Å². The molecule has 3 nitrogen and oxygen atoms in total. The van der Waals surface area contributed by atoms with Gasteiger partial charge in [-0.3, -0.25) is 4.79 Å². The highest BCUT2D eigenvalue weighted by Gasteiger charge is 2.13. The van der Waals surface area contributed by atoms with Crippen LogP contribution in [0.3, 0.4) is 0 Å². The Kier molecular flexibility index (Phi) is 4.17. The van der Waals surface area contributed by atoms with Crippen LogP contribution in [0.4, 0.5) is 8.78 Å².